The first-order valence-corrected chi connectivity index (χ1v) is 7.53. The van der Waals surface area contributed by atoms with Crippen LogP contribution in [0.5, 0.6) is 0 Å². The van der Waals surface area contributed by atoms with Gasteiger partial charge in [-0.2, -0.15) is 5.01 Å². The Morgan fingerprint density at radius 2 is 1.77 bits per heavy atom. The third-order valence-corrected chi connectivity index (χ3v) is 3.95. The van der Waals surface area contributed by atoms with E-state index in [4.69, 9.17) is 0 Å². The lowest BCUT2D eigenvalue weighted by molar-refractivity contribution is -0.146. The van der Waals surface area contributed by atoms with Gasteiger partial charge in [-0.15, -0.1) is 0 Å². The standard InChI is InChI=1S/C15H19FN4O2/c16-12-10-11(19-8-6-17-7-9-19)4-5-13(12)18-20-14(21)2-1-3-15(20)22/h4-5,10,17-18H,1-3,6-9H2. The first kappa shape index (κ1) is 14.8. The van der Waals surface area contributed by atoms with Gasteiger partial charge in [0.25, 0.3) is 0 Å². The molecule has 0 radical (unpaired) electrons. The van der Waals surface area contributed by atoms with Crippen LogP contribution in [0.3, 0.4) is 0 Å². The summed E-state index contributed by atoms with van der Waals surface area (Å²) in [7, 11) is 0. The van der Waals surface area contributed by atoms with E-state index in [1.807, 2.05) is 0 Å². The zero-order chi connectivity index (χ0) is 15.5. The molecule has 0 bridgehead atoms. The molecule has 6 nitrogen and oxygen atoms in total. The summed E-state index contributed by atoms with van der Waals surface area (Å²) in [6, 6.07) is 4.81. The van der Waals surface area contributed by atoms with Gasteiger partial charge in [0.05, 0.1) is 5.69 Å². The molecule has 2 saturated heterocycles. The van der Waals surface area contributed by atoms with E-state index in [9.17, 15) is 14.0 Å². The molecule has 2 aliphatic rings. The minimum Gasteiger partial charge on any atom is -0.369 e. The number of carbonyl (C=O) groups excluding carboxylic acids is 2. The summed E-state index contributed by atoms with van der Waals surface area (Å²) in [6.45, 7) is 3.40. The number of hydrogen-bond donors (Lipinski definition) is 2. The minimum absolute atomic E-state index is 0.141. The van der Waals surface area contributed by atoms with Crippen LogP contribution in [-0.2, 0) is 9.59 Å². The lowest BCUT2D eigenvalue weighted by Gasteiger charge is -2.30. The second-order valence-electron chi connectivity index (χ2n) is 5.49. The number of piperazine rings is 1. The Labute approximate surface area is 128 Å². The number of anilines is 2. The summed E-state index contributed by atoms with van der Waals surface area (Å²) in [4.78, 5) is 25.6. The monoisotopic (exact) mass is 306 g/mol. The van der Waals surface area contributed by atoms with Crippen molar-refractivity contribution in [3.8, 4) is 0 Å². The number of halogens is 1. The van der Waals surface area contributed by atoms with Crippen LogP contribution in [0.15, 0.2) is 18.2 Å². The number of amides is 2. The Kier molecular flexibility index (Phi) is 4.24. The second-order valence-corrected chi connectivity index (χ2v) is 5.49. The van der Waals surface area contributed by atoms with E-state index in [0.29, 0.717) is 19.3 Å². The molecule has 0 unspecified atom stereocenters. The highest BCUT2D eigenvalue weighted by molar-refractivity contribution is 5.98. The van der Waals surface area contributed by atoms with Crippen LogP contribution in [0.1, 0.15) is 19.3 Å². The van der Waals surface area contributed by atoms with Gasteiger partial charge in [0.1, 0.15) is 5.82 Å². The number of rotatable bonds is 3. The predicted molar refractivity (Wildman–Crippen MR) is 80.8 cm³/mol. The SMILES string of the molecule is O=C1CCCC(=O)N1Nc1ccc(N2CCNCC2)cc1F. The van der Waals surface area contributed by atoms with Crippen molar-refractivity contribution in [2.24, 2.45) is 0 Å². The number of imide groups is 1. The first-order valence-electron chi connectivity index (χ1n) is 7.53. The van der Waals surface area contributed by atoms with Gasteiger partial charge in [0.15, 0.2) is 0 Å². The number of carbonyl (C=O) groups is 2. The molecule has 2 heterocycles. The molecule has 2 amide bonds. The molecule has 118 valence electrons. The molecule has 2 aliphatic heterocycles. The molecular formula is C15H19FN4O2. The van der Waals surface area contributed by atoms with Crippen molar-refractivity contribution in [1.82, 2.24) is 10.3 Å². The molecule has 7 heteroatoms. The van der Waals surface area contributed by atoms with Crippen LogP contribution in [-0.4, -0.2) is 43.0 Å². The van der Waals surface area contributed by atoms with E-state index in [1.54, 1.807) is 12.1 Å². The number of benzene rings is 1. The van der Waals surface area contributed by atoms with Crippen molar-refractivity contribution in [1.29, 1.82) is 0 Å². The van der Waals surface area contributed by atoms with Crippen molar-refractivity contribution in [2.75, 3.05) is 36.5 Å². The second kappa shape index (κ2) is 6.31. The molecule has 2 fully saturated rings. The van der Waals surface area contributed by atoms with E-state index in [-0.39, 0.29) is 17.5 Å². The van der Waals surface area contributed by atoms with Crippen LogP contribution in [0.25, 0.3) is 0 Å². The maximum atomic E-state index is 14.3. The Balaban J connectivity index is 1.74. The lowest BCUT2D eigenvalue weighted by atomic mass is 10.1. The largest absolute Gasteiger partial charge is 0.369 e. The highest BCUT2D eigenvalue weighted by Crippen LogP contribution is 2.24. The fourth-order valence-corrected chi connectivity index (χ4v) is 2.71. The van der Waals surface area contributed by atoms with Gasteiger partial charge in [0, 0.05) is 44.7 Å². The van der Waals surface area contributed by atoms with Gasteiger partial charge in [0.2, 0.25) is 11.8 Å². The zero-order valence-corrected chi connectivity index (χ0v) is 12.3. The summed E-state index contributed by atoms with van der Waals surface area (Å²) in [5.41, 5.74) is 3.55. The van der Waals surface area contributed by atoms with Crippen molar-refractivity contribution in [2.45, 2.75) is 19.3 Å². The summed E-state index contributed by atoms with van der Waals surface area (Å²) < 4.78 is 14.3. The Morgan fingerprint density at radius 3 is 2.41 bits per heavy atom. The van der Waals surface area contributed by atoms with Gasteiger partial charge in [-0.25, -0.2) is 4.39 Å². The average molecular weight is 306 g/mol. The molecular weight excluding hydrogens is 287 g/mol. The normalized spacial score (nSPS) is 19.5. The van der Waals surface area contributed by atoms with Crippen LogP contribution in [0, 0.1) is 5.82 Å². The van der Waals surface area contributed by atoms with Crippen LogP contribution in [0.4, 0.5) is 15.8 Å². The minimum atomic E-state index is -0.470. The Hall–Kier alpha value is -2.15. The fraction of sp³-hybridized carbons (Fsp3) is 0.467. The van der Waals surface area contributed by atoms with Gasteiger partial charge < -0.3 is 10.2 Å². The molecule has 2 N–H and O–H groups in total. The van der Waals surface area contributed by atoms with Crippen molar-refractivity contribution in [3.05, 3.63) is 24.0 Å². The number of hydrazine groups is 1. The summed E-state index contributed by atoms with van der Waals surface area (Å²) >= 11 is 0. The fourth-order valence-electron chi connectivity index (χ4n) is 2.71. The maximum Gasteiger partial charge on any atom is 0.248 e. The Morgan fingerprint density at radius 1 is 1.09 bits per heavy atom. The van der Waals surface area contributed by atoms with Crippen LogP contribution >= 0.6 is 0 Å². The van der Waals surface area contributed by atoms with Crippen LogP contribution in [0.2, 0.25) is 0 Å². The van der Waals surface area contributed by atoms with E-state index < -0.39 is 5.82 Å². The quantitative estimate of drug-likeness (QED) is 0.819. The Bertz CT molecular complexity index is 571. The van der Waals surface area contributed by atoms with Crippen LogP contribution < -0.4 is 15.6 Å². The van der Waals surface area contributed by atoms with Crippen molar-refractivity contribution in [3.63, 3.8) is 0 Å². The van der Waals surface area contributed by atoms with Gasteiger partial charge in [-0.05, 0) is 24.6 Å². The number of hydrogen-bond acceptors (Lipinski definition) is 5. The third-order valence-electron chi connectivity index (χ3n) is 3.95. The number of nitrogens with one attached hydrogen (secondary N) is 2. The van der Waals surface area contributed by atoms with Crippen molar-refractivity contribution >= 4 is 23.2 Å². The van der Waals surface area contributed by atoms with E-state index in [2.05, 4.69) is 15.6 Å². The first-order chi connectivity index (χ1) is 10.6. The number of piperidine rings is 1. The molecule has 0 saturated carbocycles. The lowest BCUT2D eigenvalue weighted by Crippen LogP contribution is -2.44. The van der Waals surface area contributed by atoms with E-state index in [1.165, 1.54) is 6.07 Å². The van der Waals surface area contributed by atoms with E-state index in [0.717, 1.165) is 36.9 Å². The molecule has 0 aliphatic carbocycles. The maximum absolute atomic E-state index is 14.3. The van der Waals surface area contributed by atoms with Gasteiger partial charge >= 0.3 is 0 Å². The third kappa shape index (κ3) is 3.04. The summed E-state index contributed by atoms with van der Waals surface area (Å²) in [5, 5.41) is 4.17. The van der Waals surface area contributed by atoms with E-state index >= 15 is 0 Å². The molecule has 1 aromatic rings. The zero-order valence-electron chi connectivity index (χ0n) is 12.3. The predicted octanol–water partition coefficient (Wildman–Crippen LogP) is 1.10. The van der Waals surface area contributed by atoms with Gasteiger partial charge in [-0.3, -0.25) is 15.0 Å². The summed E-state index contributed by atoms with van der Waals surface area (Å²) in [6.07, 6.45) is 1.17. The molecule has 1 aromatic carbocycles. The number of nitrogens with zero attached hydrogens (tertiary/aromatic N) is 2. The topological polar surface area (TPSA) is 64.7 Å². The molecule has 22 heavy (non-hydrogen) atoms. The summed E-state index contributed by atoms with van der Waals surface area (Å²) in [5.74, 6) is -1.11. The van der Waals surface area contributed by atoms with Crippen molar-refractivity contribution < 1.29 is 14.0 Å². The van der Waals surface area contributed by atoms with Gasteiger partial charge in [-0.1, -0.05) is 0 Å². The highest BCUT2D eigenvalue weighted by Gasteiger charge is 2.26. The molecule has 0 aromatic heterocycles. The molecule has 0 spiro atoms. The molecule has 0 atom stereocenters. The average Bonchev–Trinajstić information content (AvgIpc) is 2.53. The molecule has 3 rings (SSSR count). The highest BCUT2D eigenvalue weighted by atomic mass is 19.1. The smallest absolute Gasteiger partial charge is 0.248 e.